The van der Waals surface area contributed by atoms with Crippen molar-refractivity contribution >= 4 is 5.97 Å². The summed E-state index contributed by atoms with van der Waals surface area (Å²) in [4.78, 5) is 11.9. The summed E-state index contributed by atoms with van der Waals surface area (Å²) in [6, 6.07) is 0. The first-order valence-corrected chi connectivity index (χ1v) is 5.38. The largest absolute Gasteiger partial charge is 0.480 e. The zero-order valence-corrected chi connectivity index (χ0v) is 10.0. The Morgan fingerprint density at radius 3 is 2.29 bits per heavy atom. The van der Waals surface area contributed by atoms with Gasteiger partial charge in [-0.25, -0.2) is 0 Å². The SMILES string of the molecule is CCC(N)(CCCN(C)CC(F)(F)F)C(=O)O. The number of nitrogens with two attached hydrogens (primary N) is 1. The Morgan fingerprint density at radius 2 is 1.94 bits per heavy atom. The lowest BCUT2D eigenvalue weighted by Crippen LogP contribution is -2.47. The van der Waals surface area contributed by atoms with Gasteiger partial charge in [0, 0.05) is 0 Å². The molecule has 0 aromatic rings. The van der Waals surface area contributed by atoms with Crippen LogP contribution in [0.4, 0.5) is 13.2 Å². The number of hydrogen-bond acceptors (Lipinski definition) is 3. The van der Waals surface area contributed by atoms with Crippen LogP contribution in [0.5, 0.6) is 0 Å². The average molecular weight is 256 g/mol. The maximum Gasteiger partial charge on any atom is 0.401 e. The van der Waals surface area contributed by atoms with Gasteiger partial charge in [-0.15, -0.1) is 0 Å². The second kappa shape index (κ2) is 6.20. The highest BCUT2D eigenvalue weighted by Crippen LogP contribution is 2.18. The van der Waals surface area contributed by atoms with Crippen LogP contribution in [0, 0.1) is 0 Å². The van der Waals surface area contributed by atoms with Crippen molar-refractivity contribution in [3.05, 3.63) is 0 Å². The molecular formula is C10H19F3N2O2. The third-order valence-electron chi connectivity index (χ3n) is 2.67. The fourth-order valence-corrected chi connectivity index (χ4v) is 1.48. The summed E-state index contributed by atoms with van der Waals surface area (Å²) in [7, 11) is 1.35. The maximum absolute atomic E-state index is 12.0. The van der Waals surface area contributed by atoms with Crippen LogP contribution in [-0.4, -0.2) is 47.8 Å². The number of carbonyl (C=O) groups is 1. The quantitative estimate of drug-likeness (QED) is 0.723. The molecular weight excluding hydrogens is 237 g/mol. The first-order valence-electron chi connectivity index (χ1n) is 5.38. The molecule has 3 N–H and O–H groups in total. The monoisotopic (exact) mass is 256 g/mol. The van der Waals surface area contributed by atoms with Crippen molar-refractivity contribution in [1.29, 1.82) is 0 Å². The van der Waals surface area contributed by atoms with E-state index in [2.05, 4.69) is 0 Å². The molecule has 1 unspecified atom stereocenters. The Morgan fingerprint density at radius 1 is 1.41 bits per heavy atom. The summed E-state index contributed by atoms with van der Waals surface area (Å²) in [5.74, 6) is -1.11. The molecule has 0 aliphatic heterocycles. The molecule has 7 heteroatoms. The van der Waals surface area contributed by atoms with Crippen molar-refractivity contribution < 1.29 is 23.1 Å². The van der Waals surface area contributed by atoms with Crippen molar-refractivity contribution in [1.82, 2.24) is 4.90 Å². The number of carboxylic acid groups (broad SMARTS) is 1. The van der Waals surface area contributed by atoms with Gasteiger partial charge in [0.25, 0.3) is 0 Å². The van der Waals surface area contributed by atoms with E-state index in [0.717, 1.165) is 4.90 Å². The third kappa shape index (κ3) is 6.48. The highest BCUT2D eigenvalue weighted by molar-refractivity contribution is 5.78. The molecule has 17 heavy (non-hydrogen) atoms. The second-order valence-electron chi connectivity index (χ2n) is 4.27. The first kappa shape index (κ1) is 16.2. The number of aliphatic carboxylic acids is 1. The average Bonchev–Trinajstić information content (AvgIpc) is 2.14. The number of alkyl halides is 3. The van der Waals surface area contributed by atoms with E-state index < -0.39 is 24.2 Å². The fourth-order valence-electron chi connectivity index (χ4n) is 1.48. The van der Waals surface area contributed by atoms with E-state index in [4.69, 9.17) is 10.8 Å². The van der Waals surface area contributed by atoms with Crippen LogP contribution in [0.1, 0.15) is 26.2 Å². The second-order valence-corrected chi connectivity index (χ2v) is 4.27. The highest BCUT2D eigenvalue weighted by atomic mass is 19.4. The lowest BCUT2D eigenvalue weighted by Gasteiger charge is -2.24. The lowest BCUT2D eigenvalue weighted by atomic mass is 9.92. The number of halogens is 3. The topological polar surface area (TPSA) is 66.6 Å². The van der Waals surface area contributed by atoms with Gasteiger partial charge in [-0.3, -0.25) is 9.69 Å². The van der Waals surface area contributed by atoms with Gasteiger partial charge in [-0.05, 0) is 32.9 Å². The third-order valence-corrected chi connectivity index (χ3v) is 2.67. The van der Waals surface area contributed by atoms with E-state index in [1.165, 1.54) is 7.05 Å². The van der Waals surface area contributed by atoms with Gasteiger partial charge < -0.3 is 10.8 Å². The molecule has 0 spiro atoms. The van der Waals surface area contributed by atoms with Crippen molar-refractivity contribution in [2.24, 2.45) is 5.73 Å². The van der Waals surface area contributed by atoms with Crippen molar-refractivity contribution in [3.63, 3.8) is 0 Å². The van der Waals surface area contributed by atoms with Crippen LogP contribution in [0.25, 0.3) is 0 Å². The van der Waals surface area contributed by atoms with Crippen molar-refractivity contribution in [2.45, 2.75) is 37.9 Å². The number of nitrogens with zero attached hydrogens (tertiary/aromatic N) is 1. The zero-order chi connectivity index (χ0) is 13.7. The molecule has 0 aromatic heterocycles. The predicted octanol–water partition coefficient (Wildman–Crippen LogP) is 1.45. The summed E-state index contributed by atoms with van der Waals surface area (Å²) in [6.45, 7) is 0.822. The van der Waals surface area contributed by atoms with Crippen LogP contribution in [-0.2, 0) is 4.79 Å². The molecule has 0 fully saturated rings. The molecule has 0 bridgehead atoms. The van der Waals surface area contributed by atoms with Crippen LogP contribution in [0.15, 0.2) is 0 Å². The first-order chi connectivity index (χ1) is 7.60. The molecule has 102 valence electrons. The van der Waals surface area contributed by atoms with Gasteiger partial charge in [-0.2, -0.15) is 13.2 Å². The van der Waals surface area contributed by atoms with Crippen LogP contribution < -0.4 is 5.73 Å². The van der Waals surface area contributed by atoms with E-state index >= 15 is 0 Å². The van der Waals surface area contributed by atoms with Gasteiger partial charge in [0.1, 0.15) is 5.54 Å². The zero-order valence-electron chi connectivity index (χ0n) is 10.0. The summed E-state index contributed by atoms with van der Waals surface area (Å²) in [5.41, 5.74) is 4.28. The van der Waals surface area contributed by atoms with Crippen LogP contribution in [0.2, 0.25) is 0 Å². The molecule has 0 saturated carbocycles. The molecule has 0 aromatic carbocycles. The summed E-state index contributed by atoms with van der Waals surface area (Å²) in [5, 5.41) is 8.87. The van der Waals surface area contributed by atoms with E-state index in [1.54, 1.807) is 6.92 Å². The van der Waals surface area contributed by atoms with E-state index in [-0.39, 0.29) is 19.4 Å². The van der Waals surface area contributed by atoms with Gasteiger partial charge >= 0.3 is 12.1 Å². The summed E-state index contributed by atoms with van der Waals surface area (Å²) >= 11 is 0. The Bertz CT molecular complexity index is 258. The van der Waals surface area contributed by atoms with Crippen molar-refractivity contribution in [3.8, 4) is 0 Å². The van der Waals surface area contributed by atoms with Crippen molar-refractivity contribution in [2.75, 3.05) is 20.1 Å². The Labute approximate surface area is 98.6 Å². The smallest absolute Gasteiger partial charge is 0.401 e. The fraction of sp³-hybridized carbons (Fsp3) is 0.900. The van der Waals surface area contributed by atoms with Crippen LogP contribution >= 0.6 is 0 Å². The molecule has 0 saturated heterocycles. The molecule has 0 aliphatic carbocycles. The number of hydrogen-bond donors (Lipinski definition) is 2. The van der Waals surface area contributed by atoms with E-state index in [1.807, 2.05) is 0 Å². The number of carboxylic acids is 1. The minimum Gasteiger partial charge on any atom is -0.480 e. The molecule has 0 radical (unpaired) electrons. The lowest BCUT2D eigenvalue weighted by molar-refractivity contribution is -0.146. The number of rotatable bonds is 7. The molecule has 0 heterocycles. The highest BCUT2D eigenvalue weighted by Gasteiger charge is 2.32. The molecule has 1 atom stereocenters. The molecule has 0 aliphatic rings. The Balaban J connectivity index is 4.02. The van der Waals surface area contributed by atoms with Crippen LogP contribution in [0.3, 0.4) is 0 Å². The van der Waals surface area contributed by atoms with Gasteiger partial charge in [0.15, 0.2) is 0 Å². The summed E-state index contributed by atoms with van der Waals surface area (Å²) in [6.07, 6.45) is -3.48. The Kier molecular flexibility index (Phi) is 5.91. The summed E-state index contributed by atoms with van der Waals surface area (Å²) < 4.78 is 36.0. The minimum absolute atomic E-state index is 0.168. The maximum atomic E-state index is 12.0. The minimum atomic E-state index is -4.23. The molecule has 4 nitrogen and oxygen atoms in total. The van der Waals surface area contributed by atoms with E-state index in [9.17, 15) is 18.0 Å². The van der Waals surface area contributed by atoms with Gasteiger partial charge in [-0.1, -0.05) is 6.92 Å². The van der Waals surface area contributed by atoms with E-state index in [0.29, 0.717) is 6.42 Å². The normalized spacial score (nSPS) is 15.9. The van der Waals surface area contributed by atoms with Gasteiger partial charge in [0.2, 0.25) is 0 Å². The standard InChI is InChI=1S/C10H19F3N2O2/c1-3-9(14,8(16)17)5-4-6-15(2)7-10(11,12)13/h3-7,14H2,1-2H3,(H,16,17). The molecule has 0 rings (SSSR count). The predicted molar refractivity (Wildman–Crippen MR) is 57.6 cm³/mol. The molecule has 0 amide bonds. The van der Waals surface area contributed by atoms with Gasteiger partial charge in [0.05, 0.1) is 6.54 Å². The Hall–Kier alpha value is -0.820.